The molecule has 2 bridgehead atoms. The van der Waals surface area contributed by atoms with Crippen molar-refractivity contribution in [3.05, 3.63) is 0 Å². The monoisotopic (exact) mass is 179 g/mol. The molecule has 0 unspecified atom stereocenters. The molecule has 0 amide bonds. The van der Waals surface area contributed by atoms with E-state index in [4.69, 9.17) is 10.00 Å². The van der Waals surface area contributed by atoms with Crippen LogP contribution in [0.5, 0.6) is 0 Å². The number of nitrogens with zero attached hydrogens (tertiary/aromatic N) is 1. The Kier molecular flexibility index (Phi) is 1.89. The highest BCUT2D eigenvalue weighted by Crippen LogP contribution is 2.51. The fraction of sp³-hybridized carbons (Fsp3) is 0.909. The molecule has 2 nitrogen and oxygen atoms in total. The van der Waals surface area contributed by atoms with Gasteiger partial charge in [0.1, 0.15) is 0 Å². The summed E-state index contributed by atoms with van der Waals surface area (Å²) in [5, 5.41) is 9.06. The second kappa shape index (κ2) is 2.72. The molecule has 0 atom stereocenters. The maximum absolute atomic E-state index is 9.06. The average Bonchev–Trinajstić information content (AvgIpc) is 2.20. The maximum Gasteiger partial charge on any atom is 0.0809 e. The lowest BCUT2D eigenvalue weighted by Gasteiger charge is -2.52. The van der Waals surface area contributed by atoms with Gasteiger partial charge in [0.25, 0.3) is 0 Å². The van der Waals surface area contributed by atoms with E-state index in [1.807, 2.05) is 0 Å². The molecule has 2 saturated heterocycles. The Hall–Kier alpha value is -0.550. The van der Waals surface area contributed by atoms with Gasteiger partial charge in [-0.1, -0.05) is 13.8 Å². The van der Waals surface area contributed by atoms with Gasteiger partial charge in [0.05, 0.1) is 23.7 Å². The summed E-state index contributed by atoms with van der Waals surface area (Å²) in [6.45, 7) is 5.12. The largest absolute Gasteiger partial charge is 0.373 e. The van der Waals surface area contributed by atoms with Crippen LogP contribution in [0, 0.1) is 22.7 Å². The highest BCUT2D eigenvalue weighted by atomic mass is 16.5. The molecule has 0 aromatic heterocycles. The Labute approximate surface area is 79.9 Å². The second-order valence-corrected chi connectivity index (χ2v) is 4.90. The third kappa shape index (κ3) is 1.18. The van der Waals surface area contributed by atoms with E-state index in [2.05, 4.69) is 19.9 Å². The molecule has 3 fully saturated rings. The van der Waals surface area contributed by atoms with Crippen LogP contribution in [0.2, 0.25) is 0 Å². The van der Waals surface area contributed by atoms with E-state index in [9.17, 15) is 0 Å². The minimum absolute atomic E-state index is 0.110. The summed E-state index contributed by atoms with van der Waals surface area (Å²) < 4.78 is 5.90. The van der Waals surface area contributed by atoms with Crippen LogP contribution in [-0.2, 0) is 4.74 Å². The van der Waals surface area contributed by atoms with Crippen LogP contribution in [0.1, 0.15) is 39.5 Å². The van der Waals surface area contributed by atoms with Crippen molar-refractivity contribution in [2.45, 2.75) is 45.1 Å². The Morgan fingerprint density at radius 1 is 1.23 bits per heavy atom. The summed E-state index contributed by atoms with van der Waals surface area (Å²) in [5.74, 6) is 0.587. The molecule has 2 heterocycles. The van der Waals surface area contributed by atoms with Gasteiger partial charge in [-0.2, -0.15) is 5.26 Å². The van der Waals surface area contributed by atoms with Gasteiger partial charge in [-0.3, -0.25) is 0 Å². The topological polar surface area (TPSA) is 33.0 Å². The van der Waals surface area contributed by atoms with E-state index in [1.54, 1.807) is 0 Å². The molecule has 2 heteroatoms. The molecule has 2 aliphatic heterocycles. The van der Waals surface area contributed by atoms with Crippen molar-refractivity contribution in [1.82, 2.24) is 0 Å². The van der Waals surface area contributed by atoms with Gasteiger partial charge in [-0.15, -0.1) is 0 Å². The number of ether oxygens (including phenoxy) is 1. The number of hydrogen-bond acceptors (Lipinski definition) is 2. The lowest BCUT2D eigenvalue weighted by molar-refractivity contribution is -0.187. The Morgan fingerprint density at radius 2 is 1.85 bits per heavy atom. The van der Waals surface area contributed by atoms with E-state index in [-0.39, 0.29) is 11.0 Å². The van der Waals surface area contributed by atoms with Gasteiger partial charge < -0.3 is 4.74 Å². The first-order valence-electron chi connectivity index (χ1n) is 5.18. The molecule has 72 valence electrons. The minimum atomic E-state index is -0.128. The average molecular weight is 179 g/mol. The number of nitriles is 1. The molecule has 0 radical (unpaired) electrons. The summed E-state index contributed by atoms with van der Waals surface area (Å²) in [6, 6.07) is 2.44. The van der Waals surface area contributed by atoms with Gasteiger partial charge in [0.2, 0.25) is 0 Å². The van der Waals surface area contributed by atoms with Crippen molar-refractivity contribution in [1.29, 1.82) is 5.26 Å². The highest BCUT2D eigenvalue weighted by Gasteiger charge is 2.51. The lowest BCUT2D eigenvalue weighted by Crippen LogP contribution is -2.53. The van der Waals surface area contributed by atoms with Crippen LogP contribution in [0.3, 0.4) is 0 Å². The number of hydrogen-bond donors (Lipinski definition) is 0. The predicted molar refractivity (Wildman–Crippen MR) is 50.0 cm³/mol. The Balaban J connectivity index is 2.17. The molecule has 0 aromatic carbocycles. The first-order chi connectivity index (χ1) is 6.13. The van der Waals surface area contributed by atoms with Gasteiger partial charge in [-0.25, -0.2) is 0 Å². The van der Waals surface area contributed by atoms with E-state index in [1.165, 1.54) is 0 Å². The van der Waals surface area contributed by atoms with Crippen LogP contribution in [0.15, 0.2) is 0 Å². The quantitative estimate of drug-likeness (QED) is 0.619. The SMILES string of the molecule is CC(C)C12CCC(C#N)(CC1)CO2. The van der Waals surface area contributed by atoms with Gasteiger partial charge in [0.15, 0.2) is 0 Å². The Bertz CT molecular complexity index is 227. The fourth-order valence-corrected chi connectivity index (χ4v) is 2.61. The zero-order valence-corrected chi connectivity index (χ0v) is 8.47. The first kappa shape index (κ1) is 9.02. The van der Waals surface area contributed by atoms with Crippen LogP contribution >= 0.6 is 0 Å². The van der Waals surface area contributed by atoms with Crippen molar-refractivity contribution in [2.75, 3.05) is 6.61 Å². The van der Waals surface area contributed by atoms with Crippen molar-refractivity contribution >= 4 is 0 Å². The van der Waals surface area contributed by atoms with E-state index in [0.29, 0.717) is 12.5 Å². The van der Waals surface area contributed by atoms with Crippen LogP contribution < -0.4 is 0 Å². The normalized spacial score (nSPS) is 43.5. The lowest BCUT2D eigenvalue weighted by atomic mass is 9.64. The highest BCUT2D eigenvalue weighted by molar-refractivity contribution is 5.09. The van der Waals surface area contributed by atoms with Crippen LogP contribution in [-0.4, -0.2) is 12.2 Å². The van der Waals surface area contributed by atoms with Gasteiger partial charge in [0, 0.05) is 0 Å². The van der Waals surface area contributed by atoms with Crippen molar-refractivity contribution in [3.8, 4) is 6.07 Å². The molecule has 1 saturated carbocycles. The Morgan fingerprint density at radius 3 is 2.15 bits per heavy atom. The van der Waals surface area contributed by atoms with E-state index < -0.39 is 0 Å². The molecule has 13 heavy (non-hydrogen) atoms. The molecular formula is C11H17NO. The van der Waals surface area contributed by atoms with Crippen LogP contribution in [0.4, 0.5) is 0 Å². The standard InChI is InChI=1S/C11H17NO/c1-9(2)11-5-3-10(7-12,4-6-11)8-13-11/h9H,3-6,8H2,1-2H3. The molecule has 3 aliphatic rings. The summed E-state index contributed by atoms with van der Waals surface area (Å²) in [6.07, 6.45) is 4.25. The molecule has 3 rings (SSSR count). The molecule has 0 N–H and O–H groups in total. The fourth-order valence-electron chi connectivity index (χ4n) is 2.61. The molecule has 0 spiro atoms. The molecule has 0 aromatic rings. The summed E-state index contributed by atoms with van der Waals surface area (Å²) in [7, 11) is 0. The third-order valence-corrected chi connectivity index (χ3v) is 3.98. The smallest absolute Gasteiger partial charge is 0.0809 e. The summed E-state index contributed by atoms with van der Waals surface area (Å²) >= 11 is 0. The maximum atomic E-state index is 9.06. The van der Waals surface area contributed by atoms with Crippen LogP contribution in [0.25, 0.3) is 0 Å². The third-order valence-electron chi connectivity index (χ3n) is 3.98. The number of fused-ring (bicyclic) bond motifs is 3. The van der Waals surface area contributed by atoms with E-state index in [0.717, 1.165) is 25.7 Å². The van der Waals surface area contributed by atoms with Crippen molar-refractivity contribution < 1.29 is 4.74 Å². The zero-order chi connectivity index (χ0) is 9.53. The minimum Gasteiger partial charge on any atom is -0.373 e. The predicted octanol–water partition coefficient (Wildman–Crippen LogP) is 2.50. The van der Waals surface area contributed by atoms with E-state index >= 15 is 0 Å². The molecule has 1 aliphatic carbocycles. The zero-order valence-electron chi connectivity index (χ0n) is 8.47. The van der Waals surface area contributed by atoms with Gasteiger partial charge in [-0.05, 0) is 31.6 Å². The van der Waals surface area contributed by atoms with Gasteiger partial charge >= 0.3 is 0 Å². The van der Waals surface area contributed by atoms with Crippen molar-refractivity contribution in [3.63, 3.8) is 0 Å². The van der Waals surface area contributed by atoms with Crippen molar-refractivity contribution in [2.24, 2.45) is 11.3 Å². The number of rotatable bonds is 1. The second-order valence-electron chi connectivity index (χ2n) is 4.90. The summed E-state index contributed by atoms with van der Waals surface area (Å²) in [5.41, 5.74) is -0.0186. The first-order valence-corrected chi connectivity index (χ1v) is 5.18. The molecular weight excluding hydrogens is 162 g/mol. The summed E-state index contributed by atoms with van der Waals surface area (Å²) in [4.78, 5) is 0.